The highest BCUT2D eigenvalue weighted by Crippen LogP contribution is 2.14. The number of aromatic nitrogens is 1. The Hall–Kier alpha value is -2.20. The number of hydrogen-bond donors (Lipinski definition) is 1. The number of aryl methyl sites for hydroxylation is 1. The highest BCUT2D eigenvalue weighted by molar-refractivity contribution is 7.09. The molecule has 1 unspecified atom stereocenters. The summed E-state index contributed by atoms with van der Waals surface area (Å²) in [6, 6.07) is 0. The summed E-state index contributed by atoms with van der Waals surface area (Å²) in [4.78, 5) is 38.8. The van der Waals surface area contributed by atoms with Crippen LogP contribution in [0.5, 0.6) is 0 Å². The minimum Gasteiger partial charge on any atom is -0.447 e. The predicted molar refractivity (Wildman–Crippen MR) is 172 cm³/mol. The van der Waals surface area contributed by atoms with Crippen LogP contribution in [0.15, 0.2) is 5.51 Å². The van der Waals surface area contributed by atoms with E-state index in [9.17, 15) is 14.4 Å². The van der Waals surface area contributed by atoms with Gasteiger partial charge in [-0.2, -0.15) is 4.57 Å². The topological polar surface area (TPSA) is 98.0 Å². The maximum atomic E-state index is 12.5. The number of alkyl carbamates (subject to hydrolysis) is 1. The molecule has 0 saturated heterocycles. The Labute approximate surface area is 265 Å². The van der Waals surface area contributed by atoms with E-state index in [1.54, 1.807) is 11.3 Å². The standard InChI is InChI=1S/C33H59N3O6S/c1-6-7-8-9-10-11-12-13-14-15-16-17-18-19-20-21-23-34-32(38)41-25-30(40-5)26-42-33(39)36(29(3)37)24-22-31-28(2)35(4)27-43-31/h27,30H,6-26H2,1-5H3/p+1. The maximum absolute atomic E-state index is 12.5. The summed E-state index contributed by atoms with van der Waals surface area (Å²) in [5, 5.41) is 2.77. The van der Waals surface area contributed by atoms with Gasteiger partial charge in [-0.15, -0.1) is 0 Å². The van der Waals surface area contributed by atoms with Gasteiger partial charge in [0.05, 0.1) is 4.88 Å². The zero-order valence-corrected chi connectivity index (χ0v) is 28.6. The van der Waals surface area contributed by atoms with E-state index in [4.69, 9.17) is 14.2 Å². The molecule has 248 valence electrons. The van der Waals surface area contributed by atoms with Crippen molar-refractivity contribution in [2.75, 3.05) is 33.4 Å². The smallest absolute Gasteiger partial charge is 0.416 e. The number of hydrogen-bond acceptors (Lipinski definition) is 7. The van der Waals surface area contributed by atoms with Crippen molar-refractivity contribution >= 4 is 29.4 Å². The largest absolute Gasteiger partial charge is 0.447 e. The molecule has 0 saturated carbocycles. The summed E-state index contributed by atoms with van der Waals surface area (Å²) < 4.78 is 17.8. The van der Waals surface area contributed by atoms with Crippen molar-refractivity contribution < 1.29 is 33.2 Å². The Morgan fingerprint density at radius 3 is 1.84 bits per heavy atom. The van der Waals surface area contributed by atoms with Crippen molar-refractivity contribution in [3.05, 3.63) is 16.1 Å². The molecule has 1 aromatic heterocycles. The molecule has 43 heavy (non-hydrogen) atoms. The summed E-state index contributed by atoms with van der Waals surface area (Å²) in [5.41, 5.74) is 3.09. The van der Waals surface area contributed by atoms with Crippen molar-refractivity contribution in [1.29, 1.82) is 0 Å². The number of amides is 3. The van der Waals surface area contributed by atoms with Crippen LogP contribution < -0.4 is 9.88 Å². The molecule has 10 heteroatoms. The number of carbonyl (C=O) groups is 3. The summed E-state index contributed by atoms with van der Waals surface area (Å²) in [6.45, 7) is 6.22. The third-order valence-electron chi connectivity index (χ3n) is 7.87. The first kappa shape index (κ1) is 38.8. The third kappa shape index (κ3) is 18.9. The Morgan fingerprint density at radius 2 is 1.37 bits per heavy atom. The molecule has 1 heterocycles. The number of ether oxygens (including phenoxy) is 3. The molecular weight excluding hydrogens is 566 g/mol. The second-order valence-electron chi connectivity index (χ2n) is 11.5. The zero-order valence-electron chi connectivity index (χ0n) is 27.8. The number of carbonyl (C=O) groups excluding carboxylic acids is 3. The molecule has 1 N–H and O–H groups in total. The number of nitrogens with one attached hydrogen (secondary N) is 1. The molecule has 9 nitrogen and oxygen atoms in total. The van der Waals surface area contributed by atoms with Gasteiger partial charge < -0.3 is 19.5 Å². The summed E-state index contributed by atoms with van der Waals surface area (Å²) >= 11 is 1.59. The first-order valence-corrected chi connectivity index (χ1v) is 17.5. The second kappa shape index (κ2) is 25.2. The fourth-order valence-corrected chi connectivity index (χ4v) is 5.81. The fraction of sp³-hybridized carbons (Fsp3) is 0.818. The molecule has 1 atom stereocenters. The van der Waals surface area contributed by atoms with Crippen LogP contribution in [0.3, 0.4) is 0 Å². The molecule has 0 aliphatic rings. The number of methoxy groups -OCH3 is 1. The Balaban J connectivity index is 2.05. The lowest BCUT2D eigenvalue weighted by Crippen LogP contribution is -2.39. The van der Waals surface area contributed by atoms with Gasteiger partial charge in [0.2, 0.25) is 11.4 Å². The van der Waals surface area contributed by atoms with Crippen LogP contribution in [-0.2, 0) is 32.5 Å². The normalized spacial score (nSPS) is 11.7. The van der Waals surface area contributed by atoms with Crippen LogP contribution in [0.25, 0.3) is 0 Å². The average Bonchev–Trinajstić information content (AvgIpc) is 3.31. The molecule has 0 fully saturated rings. The molecule has 0 bridgehead atoms. The monoisotopic (exact) mass is 626 g/mol. The van der Waals surface area contributed by atoms with E-state index in [0.717, 1.165) is 28.3 Å². The lowest BCUT2D eigenvalue weighted by molar-refractivity contribution is -0.672. The molecular formula is C33H60N3O6S+. The van der Waals surface area contributed by atoms with E-state index in [1.165, 1.54) is 104 Å². The van der Waals surface area contributed by atoms with Crippen LogP contribution >= 0.6 is 11.3 Å². The van der Waals surface area contributed by atoms with Gasteiger partial charge >= 0.3 is 12.2 Å². The van der Waals surface area contributed by atoms with Gasteiger partial charge in [-0.05, 0) is 6.42 Å². The van der Waals surface area contributed by atoms with Crippen molar-refractivity contribution in [2.45, 2.75) is 136 Å². The van der Waals surface area contributed by atoms with E-state index >= 15 is 0 Å². The predicted octanol–water partition coefficient (Wildman–Crippen LogP) is 7.41. The summed E-state index contributed by atoms with van der Waals surface area (Å²) in [6.07, 6.45) is 19.6. The minimum absolute atomic E-state index is 0.0560. The molecule has 0 aromatic carbocycles. The van der Waals surface area contributed by atoms with Gasteiger partial charge in [-0.25, -0.2) is 14.5 Å². The number of unbranched alkanes of at least 4 members (excludes halogenated alkanes) is 15. The van der Waals surface area contributed by atoms with Crippen LogP contribution in [0.4, 0.5) is 9.59 Å². The van der Waals surface area contributed by atoms with Crippen molar-refractivity contribution in [3.63, 3.8) is 0 Å². The Morgan fingerprint density at radius 1 is 0.860 bits per heavy atom. The number of nitrogens with zero attached hydrogens (tertiary/aromatic N) is 2. The van der Waals surface area contributed by atoms with E-state index in [1.807, 2.05) is 24.0 Å². The molecule has 0 radical (unpaired) electrons. The molecule has 1 rings (SSSR count). The second-order valence-corrected chi connectivity index (χ2v) is 12.5. The lowest BCUT2D eigenvalue weighted by Gasteiger charge is -2.21. The van der Waals surface area contributed by atoms with Gasteiger partial charge in [0.25, 0.3) is 0 Å². The van der Waals surface area contributed by atoms with Crippen molar-refractivity contribution in [2.24, 2.45) is 7.05 Å². The highest BCUT2D eigenvalue weighted by Gasteiger charge is 2.23. The van der Waals surface area contributed by atoms with Crippen LogP contribution in [0.2, 0.25) is 0 Å². The molecule has 0 aliphatic carbocycles. The Kier molecular flexibility index (Phi) is 22.7. The average molecular weight is 627 g/mol. The number of thiazole rings is 1. The first-order valence-electron chi connectivity index (χ1n) is 16.6. The van der Waals surface area contributed by atoms with Crippen LogP contribution in [0.1, 0.15) is 127 Å². The van der Waals surface area contributed by atoms with Gasteiger partial charge in [0.15, 0.2) is 5.69 Å². The quantitative estimate of drug-likeness (QED) is 0.0897. The van der Waals surface area contributed by atoms with Crippen LogP contribution in [-0.4, -0.2) is 62.5 Å². The van der Waals surface area contributed by atoms with Gasteiger partial charge in [-0.3, -0.25) is 4.79 Å². The first-order chi connectivity index (χ1) is 20.8. The van der Waals surface area contributed by atoms with E-state index in [2.05, 4.69) is 12.2 Å². The lowest BCUT2D eigenvalue weighted by atomic mass is 10.0. The summed E-state index contributed by atoms with van der Waals surface area (Å²) in [5.74, 6) is -0.387. The number of rotatable bonds is 25. The fourth-order valence-electron chi connectivity index (χ4n) is 4.84. The van der Waals surface area contributed by atoms with Crippen LogP contribution in [0, 0.1) is 6.92 Å². The van der Waals surface area contributed by atoms with Gasteiger partial charge in [-0.1, -0.05) is 115 Å². The van der Waals surface area contributed by atoms with E-state index < -0.39 is 18.3 Å². The zero-order chi connectivity index (χ0) is 31.7. The minimum atomic E-state index is -0.735. The molecule has 0 aliphatic heterocycles. The van der Waals surface area contributed by atoms with Crippen molar-refractivity contribution in [3.8, 4) is 0 Å². The maximum Gasteiger partial charge on any atom is 0.416 e. The third-order valence-corrected chi connectivity index (χ3v) is 9.08. The van der Waals surface area contributed by atoms with Crippen molar-refractivity contribution in [1.82, 2.24) is 10.2 Å². The molecule has 1 aromatic rings. The van der Waals surface area contributed by atoms with Gasteiger partial charge in [0, 0.05) is 40.5 Å². The number of imide groups is 1. The molecule has 3 amide bonds. The van der Waals surface area contributed by atoms with Gasteiger partial charge in [0.1, 0.15) is 26.4 Å². The summed E-state index contributed by atoms with van der Waals surface area (Å²) in [7, 11) is 3.42. The Bertz CT molecular complexity index is 894. The SMILES string of the molecule is CCCCCCCCCCCCCCCCCCNC(=O)OCC(COC(=O)N(CCc1sc[n+](C)c1C)C(C)=O)OC. The highest BCUT2D eigenvalue weighted by atomic mass is 32.1. The van der Waals surface area contributed by atoms with E-state index in [0.29, 0.717) is 13.0 Å². The van der Waals surface area contributed by atoms with E-state index in [-0.39, 0.29) is 25.7 Å². The molecule has 0 spiro atoms.